The van der Waals surface area contributed by atoms with Gasteiger partial charge in [-0.2, -0.15) is 0 Å². The number of aromatic amines is 2. The number of likely N-dealkylation sites (tertiary alicyclic amines) is 1. The Labute approximate surface area is 532 Å². The quantitative estimate of drug-likeness (QED) is 0.0143. The van der Waals surface area contributed by atoms with Crippen molar-refractivity contribution in [3.63, 3.8) is 0 Å². The summed E-state index contributed by atoms with van der Waals surface area (Å²) in [5.74, 6) is -9.71. The van der Waals surface area contributed by atoms with Crippen LogP contribution in [0, 0.1) is 11.8 Å². The van der Waals surface area contributed by atoms with E-state index in [1.54, 1.807) is 51.2 Å². The second-order valence-corrected chi connectivity index (χ2v) is 23.2. The first kappa shape index (κ1) is 74.8. The fourth-order valence-electron chi connectivity index (χ4n) is 10.1. The van der Waals surface area contributed by atoms with Crippen molar-refractivity contribution in [1.82, 2.24) is 62.4 Å². The van der Waals surface area contributed by atoms with E-state index < -0.39 is 127 Å². The molecular weight excluding hydrogens is 1200 g/mol. The van der Waals surface area contributed by atoms with Crippen molar-refractivity contribution in [3.8, 4) is 5.75 Å². The summed E-state index contributed by atoms with van der Waals surface area (Å²) in [4.78, 5) is 163. The second kappa shape index (κ2) is 37.5. The Kier molecular flexibility index (Phi) is 30.5. The van der Waals surface area contributed by atoms with Crippen LogP contribution >= 0.6 is 0 Å². The number of rotatable bonds is 35. The van der Waals surface area contributed by atoms with Gasteiger partial charge in [0.05, 0.1) is 19.0 Å². The van der Waals surface area contributed by atoms with E-state index in [1.165, 1.54) is 41.7 Å². The highest BCUT2D eigenvalue weighted by Gasteiger charge is 2.40. The molecule has 0 bridgehead atoms. The Balaban J connectivity index is 0.00000438. The van der Waals surface area contributed by atoms with Gasteiger partial charge in [0.15, 0.2) is 5.96 Å². The van der Waals surface area contributed by atoms with Gasteiger partial charge < -0.3 is 95.0 Å². The van der Waals surface area contributed by atoms with E-state index in [0.29, 0.717) is 47.1 Å². The van der Waals surface area contributed by atoms with Crippen LogP contribution in [0.15, 0.2) is 72.2 Å². The molecule has 1 saturated heterocycles. The van der Waals surface area contributed by atoms with Crippen LogP contribution < -0.4 is 59.7 Å². The zero-order chi connectivity index (χ0) is 68.2. The summed E-state index contributed by atoms with van der Waals surface area (Å²) in [6.45, 7) is 9.82. The number of H-pyrrole nitrogens is 2. The van der Waals surface area contributed by atoms with Gasteiger partial charge >= 0.3 is 5.97 Å². The molecule has 5 rings (SSSR count). The number of aromatic nitrogens is 3. The molecule has 4 aromatic rings. The number of aliphatic hydroxyl groups is 1. The number of carboxylic acids is 2. The first-order chi connectivity index (χ1) is 43.6. The Morgan fingerprint density at radius 1 is 0.685 bits per heavy atom. The molecule has 504 valence electrons. The molecule has 92 heavy (non-hydrogen) atoms. The normalized spacial score (nSPS) is 15.3. The van der Waals surface area contributed by atoms with Crippen LogP contribution in [-0.4, -0.2) is 192 Å². The summed E-state index contributed by atoms with van der Waals surface area (Å²) in [7, 11) is 0. The lowest BCUT2D eigenvalue weighted by atomic mass is 9.98. The molecule has 1 aliphatic heterocycles. The fraction of sp³-hybridized carbons (Fsp3) is 0.525. The number of aliphatic carboxylic acids is 2. The van der Waals surface area contributed by atoms with E-state index in [0.717, 1.165) is 6.92 Å². The number of guanidine groups is 1. The second-order valence-electron chi connectivity index (χ2n) is 23.2. The van der Waals surface area contributed by atoms with Crippen LogP contribution in [0.25, 0.3) is 10.9 Å². The van der Waals surface area contributed by atoms with Crippen molar-refractivity contribution in [2.45, 2.75) is 167 Å². The van der Waals surface area contributed by atoms with Gasteiger partial charge in [0, 0.05) is 81.2 Å². The van der Waals surface area contributed by atoms with Crippen LogP contribution in [0.2, 0.25) is 0 Å². The maximum Gasteiger partial charge on any atom is 0.303 e. The Hall–Kier alpha value is -9.65. The van der Waals surface area contributed by atoms with E-state index in [2.05, 4.69) is 62.5 Å². The number of benzene rings is 2. The number of aliphatic hydroxyl groups excluding tert-OH is 1. The number of carboxylic acid groups (broad SMARTS) is 2. The molecule has 2 aromatic heterocycles. The highest BCUT2D eigenvalue weighted by molar-refractivity contribution is 5.99. The Morgan fingerprint density at radius 3 is 1.75 bits per heavy atom. The molecule has 0 aliphatic carbocycles. The zero-order valence-electron chi connectivity index (χ0n) is 52.7. The van der Waals surface area contributed by atoms with Gasteiger partial charge in [-0.15, -0.1) is 0 Å². The fourth-order valence-corrected chi connectivity index (χ4v) is 10.1. The topological polar surface area (TPSA) is 503 Å². The number of hydrogen-bond donors (Lipinski definition) is 17. The molecule has 31 nitrogen and oxygen atoms in total. The lowest BCUT2D eigenvalue weighted by Crippen LogP contribution is -2.61. The predicted molar refractivity (Wildman–Crippen MR) is 337 cm³/mol. The number of fused-ring (bicyclic) bond motifs is 1. The predicted octanol–water partition coefficient (Wildman–Crippen LogP) is -1.43. The number of carbonyl (C=O) groups excluding carboxylic acids is 9. The number of phenolic OH excluding ortho intramolecular Hbond substituents is 1. The first-order valence-electron chi connectivity index (χ1n) is 30.4. The minimum absolute atomic E-state index is 0.0261. The van der Waals surface area contributed by atoms with Gasteiger partial charge in [-0.3, -0.25) is 57.7 Å². The van der Waals surface area contributed by atoms with Gasteiger partial charge in [0.1, 0.15) is 54.1 Å². The number of phenols is 1. The van der Waals surface area contributed by atoms with Crippen molar-refractivity contribution in [1.29, 1.82) is 0 Å². The number of carbonyl (C=O) groups is 11. The number of nitrogens with two attached hydrogens (primary N) is 3. The molecule has 2 aromatic carbocycles. The summed E-state index contributed by atoms with van der Waals surface area (Å²) >= 11 is 0. The molecule has 3 heterocycles. The molecule has 1 fully saturated rings. The SMILES string of the molecule is CC(=O)O.CCNC(=O)[C@@H]1CCCN1C(=O)[C@H](CCCN=C(N)N)NC(=O)[C@H](CC(C)C)NC(=O)[C@@H](CC(C)C)NC(=O)[C@H](Cc1ccc(O)cc1)NC(=O)[C@H](CO)NC(=O)[C@H](Cc1c[nH]c2ccccc12)NC(=O)[C@H](Cc1cnc[nH]1)NC(=O)[C@@H](N)CCC(=O)O. The summed E-state index contributed by atoms with van der Waals surface area (Å²) in [6.07, 6.45) is 4.50. The lowest BCUT2D eigenvalue weighted by molar-refractivity contribution is -0.142. The number of nitrogens with zero attached hydrogens (tertiary/aromatic N) is 3. The number of para-hydroxylation sites is 1. The summed E-state index contributed by atoms with van der Waals surface area (Å²) in [5, 5.41) is 59.6. The highest BCUT2D eigenvalue weighted by Crippen LogP contribution is 2.22. The molecule has 9 atom stereocenters. The van der Waals surface area contributed by atoms with E-state index in [1.807, 2.05) is 13.8 Å². The lowest BCUT2D eigenvalue weighted by Gasteiger charge is -2.31. The van der Waals surface area contributed by atoms with E-state index >= 15 is 0 Å². The molecule has 31 heteroatoms. The zero-order valence-corrected chi connectivity index (χ0v) is 52.7. The Bertz CT molecular complexity index is 3150. The minimum Gasteiger partial charge on any atom is -0.508 e. The van der Waals surface area contributed by atoms with Crippen molar-refractivity contribution < 1.29 is 73.2 Å². The third-order valence-corrected chi connectivity index (χ3v) is 14.6. The maximum absolute atomic E-state index is 14.7. The first-order valence-corrected chi connectivity index (χ1v) is 30.4. The smallest absolute Gasteiger partial charge is 0.303 e. The van der Waals surface area contributed by atoms with Crippen LogP contribution in [-0.2, 0) is 72.0 Å². The van der Waals surface area contributed by atoms with Crippen LogP contribution in [0.1, 0.15) is 110 Å². The number of aliphatic imine (C=N–C) groups is 1. The minimum atomic E-state index is -1.78. The van der Waals surface area contributed by atoms with Crippen molar-refractivity contribution in [2.24, 2.45) is 34.0 Å². The molecule has 0 saturated carbocycles. The van der Waals surface area contributed by atoms with Crippen molar-refractivity contribution in [2.75, 3.05) is 26.2 Å². The summed E-state index contributed by atoms with van der Waals surface area (Å²) in [6, 6.07) is 0.772. The van der Waals surface area contributed by atoms with Gasteiger partial charge in [0.2, 0.25) is 53.2 Å². The Morgan fingerprint density at radius 2 is 1.21 bits per heavy atom. The number of likely N-dealkylation sites (N-methyl/N-ethyl adjacent to an activating group) is 1. The number of amides is 9. The third kappa shape index (κ3) is 25.0. The van der Waals surface area contributed by atoms with Crippen molar-refractivity contribution >= 4 is 82.0 Å². The molecule has 9 amide bonds. The van der Waals surface area contributed by atoms with Gasteiger partial charge in [-0.25, -0.2) is 4.98 Å². The number of aromatic hydroxyl groups is 1. The van der Waals surface area contributed by atoms with Crippen LogP contribution in [0.5, 0.6) is 5.75 Å². The largest absolute Gasteiger partial charge is 0.508 e. The molecule has 0 radical (unpaired) electrons. The molecular formula is C61H90N16O15. The van der Waals surface area contributed by atoms with E-state index in [4.69, 9.17) is 27.1 Å². The van der Waals surface area contributed by atoms with Gasteiger partial charge in [0.25, 0.3) is 5.97 Å². The van der Waals surface area contributed by atoms with E-state index in [9.17, 15) is 63.3 Å². The van der Waals surface area contributed by atoms with Gasteiger partial charge in [-0.05, 0) is 93.0 Å². The standard InChI is InChI=1S/C59H86N16O13.C2H4O2/c1-6-64-57(87)48-14-10-22-75(48)58(88)41(13-9-21-65-59(61)62)68-51(81)42(23-32(2)3)70-52(82)43(24-33(4)5)71-53(83)44(25-34-15-17-37(77)18-16-34)72-56(86)47(30-76)74-54(84)45(26-35-28-66-40-12-8-7-11-38(35)40)73-55(85)46(27-36-29-63-31-67-36)69-50(80)39(60)19-20-49(78)79;1-2(3)4/h7-8,11-12,15-18,28-29,31-33,39,41-48,66,76-77H,6,9-10,13-14,19-27,30,60H2,1-5H3,(H,63,67)(H,64,87)(H,68,81)(H,69,80)(H,70,82)(H,71,83)(H,72,86)(H,73,85)(H,74,84)(H,78,79)(H4,61,62,65);1H3,(H,3,4)/t39-,41-,42-,43+,44-,45-,46-,47-,48-;/m0./s1. The molecule has 1 aliphatic rings. The monoisotopic (exact) mass is 1290 g/mol. The highest BCUT2D eigenvalue weighted by atomic mass is 16.4. The summed E-state index contributed by atoms with van der Waals surface area (Å²) in [5.41, 5.74) is 19.2. The average molecular weight is 1290 g/mol. The summed E-state index contributed by atoms with van der Waals surface area (Å²) < 4.78 is 0. The number of nitrogens with one attached hydrogen (secondary N) is 10. The van der Waals surface area contributed by atoms with E-state index in [-0.39, 0.29) is 93.9 Å². The van der Waals surface area contributed by atoms with Gasteiger partial charge in [-0.1, -0.05) is 58.0 Å². The number of hydrogen-bond acceptors (Lipinski definition) is 16. The molecule has 0 spiro atoms. The number of imidazole rings is 1. The molecule has 20 N–H and O–H groups in total. The van der Waals surface area contributed by atoms with Crippen molar-refractivity contribution in [3.05, 3.63) is 84.1 Å². The average Bonchev–Trinajstić information content (AvgIpc) is 1.66. The molecule has 0 unspecified atom stereocenters. The van der Waals surface area contributed by atoms with Crippen LogP contribution in [0.3, 0.4) is 0 Å². The third-order valence-electron chi connectivity index (χ3n) is 14.6. The maximum atomic E-state index is 14.7. The van der Waals surface area contributed by atoms with Crippen LogP contribution in [0.4, 0.5) is 0 Å².